The molecule has 0 saturated heterocycles. The standard InChI is InChI=1S/C19H15F3N2O2S/c1-26-16-8-3-2-7-15(16)17(25)24-18-23-11-14(27-18)10-12-5-4-6-13(9-12)19(20,21)22/h2-9,11H,10H2,1H3,(H,23,24,25). The molecule has 0 aliphatic heterocycles. The van der Waals surface area contributed by atoms with Crippen LogP contribution in [0, 0.1) is 0 Å². The third kappa shape index (κ3) is 4.65. The van der Waals surface area contributed by atoms with Gasteiger partial charge in [0.05, 0.1) is 18.2 Å². The number of carbonyl (C=O) groups excluding carboxylic acids is 1. The molecule has 0 unspecified atom stereocenters. The fourth-order valence-electron chi connectivity index (χ4n) is 2.50. The second-order valence-electron chi connectivity index (χ2n) is 5.66. The Kier molecular flexibility index (Phi) is 5.46. The van der Waals surface area contributed by atoms with Crippen molar-refractivity contribution < 1.29 is 22.7 Å². The average molecular weight is 392 g/mol. The van der Waals surface area contributed by atoms with E-state index in [9.17, 15) is 18.0 Å². The molecule has 4 nitrogen and oxygen atoms in total. The molecule has 1 aromatic heterocycles. The maximum Gasteiger partial charge on any atom is 0.416 e. The number of amides is 1. The first kappa shape index (κ1) is 18.9. The second kappa shape index (κ2) is 7.79. The lowest BCUT2D eigenvalue weighted by Crippen LogP contribution is -2.12. The van der Waals surface area contributed by atoms with Crippen LogP contribution >= 0.6 is 11.3 Å². The van der Waals surface area contributed by atoms with Crippen molar-refractivity contribution in [3.63, 3.8) is 0 Å². The molecule has 1 heterocycles. The van der Waals surface area contributed by atoms with E-state index in [1.54, 1.807) is 36.5 Å². The minimum atomic E-state index is -4.38. The number of nitrogens with one attached hydrogen (secondary N) is 1. The topological polar surface area (TPSA) is 51.2 Å². The Morgan fingerprint density at radius 3 is 2.70 bits per heavy atom. The fraction of sp³-hybridized carbons (Fsp3) is 0.158. The van der Waals surface area contributed by atoms with Crippen LogP contribution in [0.25, 0.3) is 0 Å². The van der Waals surface area contributed by atoms with Gasteiger partial charge < -0.3 is 4.74 Å². The number of alkyl halides is 3. The van der Waals surface area contributed by atoms with Crippen molar-refractivity contribution in [3.8, 4) is 5.75 Å². The number of thiazole rings is 1. The Hall–Kier alpha value is -2.87. The van der Waals surface area contributed by atoms with Crippen LogP contribution in [0.2, 0.25) is 0 Å². The quantitative estimate of drug-likeness (QED) is 0.664. The average Bonchev–Trinajstić information content (AvgIpc) is 3.08. The van der Waals surface area contributed by atoms with E-state index in [4.69, 9.17) is 4.74 Å². The number of aromatic nitrogens is 1. The first-order valence-corrected chi connectivity index (χ1v) is 8.73. The van der Waals surface area contributed by atoms with Gasteiger partial charge in [0, 0.05) is 17.5 Å². The molecule has 8 heteroatoms. The van der Waals surface area contributed by atoms with Crippen LogP contribution in [0.3, 0.4) is 0 Å². The van der Waals surface area contributed by atoms with Gasteiger partial charge >= 0.3 is 6.18 Å². The number of halogens is 3. The van der Waals surface area contributed by atoms with Gasteiger partial charge in [-0.25, -0.2) is 4.98 Å². The Bertz CT molecular complexity index is 954. The van der Waals surface area contributed by atoms with Crippen molar-refractivity contribution in [3.05, 3.63) is 76.3 Å². The summed E-state index contributed by atoms with van der Waals surface area (Å²) in [5.41, 5.74) is 0.208. The zero-order chi connectivity index (χ0) is 19.4. The smallest absolute Gasteiger partial charge is 0.416 e. The zero-order valence-corrected chi connectivity index (χ0v) is 15.0. The van der Waals surface area contributed by atoms with E-state index in [0.29, 0.717) is 28.4 Å². The third-order valence-electron chi connectivity index (χ3n) is 3.76. The summed E-state index contributed by atoms with van der Waals surface area (Å²) in [5.74, 6) is 0.0724. The van der Waals surface area contributed by atoms with Crippen molar-refractivity contribution in [2.45, 2.75) is 12.6 Å². The van der Waals surface area contributed by atoms with Gasteiger partial charge in [0.25, 0.3) is 5.91 Å². The van der Waals surface area contributed by atoms with E-state index in [1.165, 1.54) is 24.5 Å². The van der Waals surface area contributed by atoms with Crippen molar-refractivity contribution in [1.82, 2.24) is 4.98 Å². The number of ether oxygens (including phenoxy) is 1. The highest BCUT2D eigenvalue weighted by molar-refractivity contribution is 7.15. The highest BCUT2D eigenvalue weighted by atomic mass is 32.1. The van der Waals surface area contributed by atoms with Gasteiger partial charge in [-0.1, -0.05) is 30.3 Å². The normalized spacial score (nSPS) is 11.3. The van der Waals surface area contributed by atoms with Crippen molar-refractivity contribution in [1.29, 1.82) is 0 Å². The molecule has 27 heavy (non-hydrogen) atoms. The second-order valence-corrected chi connectivity index (χ2v) is 6.78. The summed E-state index contributed by atoms with van der Waals surface area (Å²) in [5, 5.41) is 3.05. The number of nitrogens with zero attached hydrogens (tertiary/aromatic N) is 1. The highest BCUT2D eigenvalue weighted by Crippen LogP contribution is 2.30. The van der Waals surface area contributed by atoms with E-state index in [-0.39, 0.29) is 5.91 Å². The molecule has 0 aliphatic rings. The molecule has 0 fully saturated rings. The predicted octanol–water partition coefficient (Wildman–Crippen LogP) is 5.01. The first-order valence-electron chi connectivity index (χ1n) is 7.92. The Morgan fingerprint density at radius 1 is 1.19 bits per heavy atom. The molecule has 0 bridgehead atoms. The Morgan fingerprint density at radius 2 is 1.96 bits per heavy atom. The monoisotopic (exact) mass is 392 g/mol. The summed E-state index contributed by atoms with van der Waals surface area (Å²) < 4.78 is 43.6. The van der Waals surface area contributed by atoms with Crippen LogP contribution in [-0.4, -0.2) is 18.0 Å². The van der Waals surface area contributed by atoms with Crippen LogP contribution in [0.4, 0.5) is 18.3 Å². The lowest BCUT2D eigenvalue weighted by Gasteiger charge is -2.08. The maximum atomic E-state index is 12.8. The van der Waals surface area contributed by atoms with Gasteiger partial charge in [-0.2, -0.15) is 13.2 Å². The molecular formula is C19H15F3N2O2S. The summed E-state index contributed by atoms with van der Waals surface area (Å²) in [4.78, 5) is 17.2. The van der Waals surface area contributed by atoms with E-state index in [2.05, 4.69) is 10.3 Å². The van der Waals surface area contributed by atoms with E-state index >= 15 is 0 Å². The molecule has 0 atom stereocenters. The largest absolute Gasteiger partial charge is 0.496 e. The molecule has 140 valence electrons. The number of methoxy groups -OCH3 is 1. The van der Waals surface area contributed by atoms with Gasteiger partial charge in [-0.05, 0) is 23.8 Å². The molecule has 1 N–H and O–H groups in total. The molecule has 0 radical (unpaired) electrons. The number of hydrogen-bond donors (Lipinski definition) is 1. The number of para-hydroxylation sites is 1. The van der Waals surface area contributed by atoms with Gasteiger partial charge in [-0.3, -0.25) is 10.1 Å². The third-order valence-corrected chi connectivity index (χ3v) is 4.67. The molecule has 3 rings (SSSR count). The van der Waals surface area contributed by atoms with Crippen LogP contribution in [-0.2, 0) is 12.6 Å². The van der Waals surface area contributed by atoms with E-state index < -0.39 is 11.7 Å². The molecular weight excluding hydrogens is 377 g/mol. The molecule has 3 aromatic rings. The fourth-order valence-corrected chi connectivity index (χ4v) is 3.34. The summed E-state index contributed by atoms with van der Waals surface area (Å²) in [7, 11) is 1.47. The van der Waals surface area contributed by atoms with Crippen molar-refractivity contribution in [2.24, 2.45) is 0 Å². The summed E-state index contributed by atoms with van der Waals surface area (Å²) in [6.07, 6.45) is -2.54. The Labute approximate surface area is 157 Å². The summed E-state index contributed by atoms with van der Waals surface area (Å²) >= 11 is 1.21. The number of carbonyl (C=O) groups is 1. The molecule has 1 amide bonds. The van der Waals surface area contributed by atoms with Gasteiger partial charge in [0.2, 0.25) is 0 Å². The van der Waals surface area contributed by atoms with Crippen LogP contribution < -0.4 is 10.1 Å². The summed E-state index contributed by atoms with van der Waals surface area (Å²) in [6.45, 7) is 0. The minimum absolute atomic E-state index is 0.298. The van der Waals surface area contributed by atoms with Crippen LogP contribution in [0.1, 0.15) is 26.4 Å². The van der Waals surface area contributed by atoms with E-state index in [1.807, 2.05) is 0 Å². The number of rotatable bonds is 5. The minimum Gasteiger partial charge on any atom is -0.496 e. The first-order chi connectivity index (χ1) is 12.9. The SMILES string of the molecule is COc1ccccc1C(=O)Nc1ncc(Cc2cccc(C(F)(F)F)c2)s1. The predicted molar refractivity (Wildman–Crippen MR) is 97.3 cm³/mol. The Balaban J connectivity index is 1.71. The van der Waals surface area contributed by atoms with Crippen LogP contribution in [0.15, 0.2) is 54.7 Å². The molecule has 0 spiro atoms. The molecule has 2 aromatic carbocycles. The van der Waals surface area contributed by atoms with Gasteiger partial charge in [0.15, 0.2) is 5.13 Å². The van der Waals surface area contributed by atoms with E-state index in [0.717, 1.165) is 17.0 Å². The molecule has 0 saturated carbocycles. The van der Waals surface area contributed by atoms with Crippen molar-refractivity contribution in [2.75, 3.05) is 12.4 Å². The highest BCUT2D eigenvalue weighted by Gasteiger charge is 2.30. The van der Waals surface area contributed by atoms with Crippen molar-refractivity contribution >= 4 is 22.4 Å². The van der Waals surface area contributed by atoms with Gasteiger partial charge in [0.1, 0.15) is 5.75 Å². The number of benzene rings is 2. The van der Waals surface area contributed by atoms with Gasteiger partial charge in [-0.15, -0.1) is 11.3 Å². The van der Waals surface area contributed by atoms with Crippen LogP contribution in [0.5, 0.6) is 5.75 Å². The molecule has 0 aliphatic carbocycles. The summed E-state index contributed by atoms with van der Waals surface area (Å²) in [6, 6.07) is 11.9. The maximum absolute atomic E-state index is 12.8. The lowest BCUT2D eigenvalue weighted by molar-refractivity contribution is -0.137. The number of hydrogen-bond acceptors (Lipinski definition) is 4. The zero-order valence-electron chi connectivity index (χ0n) is 14.2. The lowest BCUT2D eigenvalue weighted by atomic mass is 10.1. The number of anilines is 1.